The van der Waals surface area contributed by atoms with Crippen molar-refractivity contribution in [3.8, 4) is 11.3 Å². The van der Waals surface area contributed by atoms with E-state index in [2.05, 4.69) is 20.4 Å². The lowest BCUT2D eigenvalue weighted by molar-refractivity contribution is -0.140. The van der Waals surface area contributed by atoms with Crippen molar-refractivity contribution in [2.24, 2.45) is 0 Å². The van der Waals surface area contributed by atoms with Crippen LogP contribution in [0.5, 0.6) is 0 Å². The molecule has 0 saturated heterocycles. The third kappa shape index (κ3) is 6.03. The van der Waals surface area contributed by atoms with E-state index >= 15 is 4.39 Å². The van der Waals surface area contributed by atoms with Gasteiger partial charge in [0.2, 0.25) is 0 Å². The fourth-order valence-electron chi connectivity index (χ4n) is 4.39. The van der Waals surface area contributed by atoms with Crippen LogP contribution in [0.4, 0.5) is 46.6 Å². The number of alkyl halides is 6. The van der Waals surface area contributed by atoms with E-state index in [0.29, 0.717) is 12.6 Å². The number of aryl methyl sites for hydroxylation is 1. The summed E-state index contributed by atoms with van der Waals surface area (Å²) in [5.74, 6) is -4.15. The van der Waals surface area contributed by atoms with E-state index in [0.717, 1.165) is 16.8 Å². The summed E-state index contributed by atoms with van der Waals surface area (Å²) in [7, 11) is 0. The molecule has 0 bridgehead atoms. The number of nitrogens with zero attached hydrogens (tertiary/aromatic N) is 4. The Morgan fingerprint density at radius 1 is 1.07 bits per heavy atom. The lowest BCUT2D eigenvalue weighted by Crippen LogP contribution is -2.28. The number of anilines is 2. The van der Waals surface area contributed by atoms with Crippen LogP contribution < -0.4 is 22.2 Å². The Balaban J connectivity index is 1.56. The Bertz CT molecular complexity index is 1750. The van der Waals surface area contributed by atoms with Gasteiger partial charge in [0.25, 0.3) is 11.1 Å². The second-order valence-corrected chi connectivity index (χ2v) is 9.19. The number of nitrogen functional groups attached to an aromatic ring is 1. The number of rotatable bonds is 8. The van der Waals surface area contributed by atoms with Crippen LogP contribution in [0.25, 0.3) is 22.0 Å². The van der Waals surface area contributed by atoms with Crippen molar-refractivity contribution in [1.82, 2.24) is 24.7 Å². The third-order valence-corrected chi connectivity index (χ3v) is 6.43. The average molecular weight is 603 g/mol. The summed E-state index contributed by atoms with van der Waals surface area (Å²) < 4.78 is 110. The van der Waals surface area contributed by atoms with Gasteiger partial charge in [0, 0.05) is 24.3 Å². The summed E-state index contributed by atoms with van der Waals surface area (Å²) in [5, 5.41) is 7.10. The fourth-order valence-corrected chi connectivity index (χ4v) is 4.39. The highest BCUT2D eigenvalue weighted by Gasteiger charge is 2.38. The van der Waals surface area contributed by atoms with E-state index in [1.165, 1.54) is 12.3 Å². The number of H-pyrrole nitrogens is 1. The monoisotopic (exact) mass is 603 g/mol. The van der Waals surface area contributed by atoms with E-state index in [1.54, 1.807) is 12.0 Å². The number of aromatic nitrogens is 5. The second-order valence-electron chi connectivity index (χ2n) is 9.19. The molecule has 0 radical (unpaired) electrons. The predicted molar refractivity (Wildman–Crippen MR) is 135 cm³/mol. The average Bonchev–Trinajstić information content (AvgIpc) is 2.89. The SMILES string of the molecule is CC[C@@H](CCCn1ccc2cc(-c3cnc(C(F)(F)F)c(N)n3)c(F)c(F)c2c1=O)Nc1cn[nH]c(=O)c1C(F)(F)F. The molecule has 0 fully saturated rings. The topological polar surface area (TPSA) is 132 Å². The number of nitrogens with one attached hydrogen (secondary N) is 2. The first kappa shape index (κ1) is 30.4. The highest BCUT2D eigenvalue weighted by Crippen LogP contribution is 2.34. The number of pyridine rings is 1. The van der Waals surface area contributed by atoms with Gasteiger partial charge in [0.15, 0.2) is 23.1 Å². The second kappa shape index (κ2) is 11.4. The first-order valence-corrected chi connectivity index (χ1v) is 12.3. The number of halogens is 8. The number of benzene rings is 1. The van der Waals surface area contributed by atoms with Crippen molar-refractivity contribution in [2.75, 3.05) is 11.1 Å². The van der Waals surface area contributed by atoms with Crippen LogP contribution in [0.2, 0.25) is 0 Å². The molecule has 3 heterocycles. The zero-order chi connectivity index (χ0) is 31.0. The van der Waals surface area contributed by atoms with Gasteiger partial charge in [-0.1, -0.05) is 6.92 Å². The third-order valence-electron chi connectivity index (χ3n) is 6.43. The summed E-state index contributed by atoms with van der Waals surface area (Å²) in [6.07, 6.45) is -6.33. The molecule has 42 heavy (non-hydrogen) atoms. The van der Waals surface area contributed by atoms with Gasteiger partial charge in [0.05, 0.1) is 29.2 Å². The van der Waals surface area contributed by atoms with E-state index in [9.17, 15) is 40.3 Å². The van der Waals surface area contributed by atoms with E-state index in [1.807, 2.05) is 0 Å². The number of nitrogens with two attached hydrogens (primary N) is 1. The van der Waals surface area contributed by atoms with Gasteiger partial charge in [-0.25, -0.2) is 23.8 Å². The fraction of sp³-hybridized carbons (Fsp3) is 0.320. The Morgan fingerprint density at radius 2 is 1.79 bits per heavy atom. The maximum Gasteiger partial charge on any atom is 0.437 e. The molecule has 9 nitrogen and oxygen atoms in total. The van der Waals surface area contributed by atoms with Crippen LogP contribution in [0.3, 0.4) is 0 Å². The maximum absolute atomic E-state index is 15.1. The largest absolute Gasteiger partial charge is 0.437 e. The van der Waals surface area contributed by atoms with Crippen molar-refractivity contribution in [1.29, 1.82) is 0 Å². The molecule has 1 atom stereocenters. The van der Waals surface area contributed by atoms with E-state index in [-0.39, 0.29) is 24.8 Å². The molecule has 0 aliphatic rings. The number of fused-ring (bicyclic) bond motifs is 1. The summed E-state index contributed by atoms with van der Waals surface area (Å²) in [5.41, 5.74) is -1.48. The minimum atomic E-state index is -4.93. The molecular weight excluding hydrogens is 582 g/mol. The normalized spacial score (nSPS) is 13.0. The zero-order valence-electron chi connectivity index (χ0n) is 21.5. The van der Waals surface area contributed by atoms with Gasteiger partial charge < -0.3 is 15.6 Å². The Kier molecular flexibility index (Phi) is 8.22. The molecule has 224 valence electrons. The van der Waals surface area contributed by atoms with Crippen LogP contribution in [-0.4, -0.2) is 30.8 Å². The van der Waals surface area contributed by atoms with Crippen LogP contribution >= 0.6 is 0 Å². The Hall–Kier alpha value is -4.57. The smallest absolute Gasteiger partial charge is 0.382 e. The van der Waals surface area contributed by atoms with Gasteiger partial charge in [-0.3, -0.25) is 9.59 Å². The number of hydrogen-bond donors (Lipinski definition) is 3. The molecule has 0 aliphatic carbocycles. The summed E-state index contributed by atoms with van der Waals surface area (Å²) in [6, 6.07) is 1.76. The van der Waals surface area contributed by atoms with Gasteiger partial charge in [0.1, 0.15) is 5.56 Å². The molecule has 17 heteroatoms. The Labute approximate surface area is 230 Å². The summed E-state index contributed by atoms with van der Waals surface area (Å²) in [6.45, 7) is 1.68. The van der Waals surface area contributed by atoms with Crippen molar-refractivity contribution in [3.63, 3.8) is 0 Å². The van der Waals surface area contributed by atoms with Crippen LogP contribution in [0.15, 0.2) is 40.3 Å². The minimum absolute atomic E-state index is 0.0174. The maximum atomic E-state index is 15.1. The quantitative estimate of drug-likeness (QED) is 0.239. The lowest BCUT2D eigenvalue weighted by Gasteiger charge is -2.20. The number of aromatic amines is 1. The standard InChI is InChI=1S/C25H21F8N7O2/c1-2-12(37-15-10-36-39-22(41)17(15)24(28,29)30)4-3-6-40-7-5-11-8-13(18(26)19(27)16(11)23(40)42)14-9-35-20(21(34)38-14)25(31,32)33/h5,7-10,12H,2-4,6H2,1H3,(H2,34,38)(H2,37,39,41)/t12-/m0/s1. The molecule has 4 rings (SSSR count). The molecule has 1 aromatic carbocycles. The van der Waals surface area contributed by atoms with Gasteiger partial charge in [-0.05, 0) is 36.8 Å². The molecule has 4 N–H and O–H groups in total. The summed E-state index contributed by atoms with van der Waals surface area (Å²) >= 11 is 0. The molecule has 0 aliphatic heterocycles. The van der Waals surface area contributed by atoms with Crippen molar-refractivity contribution < 1.29 is 35.1 Å². The van der Waals surface area contributed by atoms with Crippen LogP contribution in [0.1, 0.15) is 37.4 Å². The molecule has 4 aromatic rings. The van der Waals surface area contributed by atoms with Crippen LogP contribution in [-0.2, 0) is 18.9 Å². The van der Waals surface area contributed by atoms with Crippen molar-refractivity contribution in [3.05, 3.63) is 74.3 Å². The molecule has 0 spiro atoms. The van der Waals surface area contributed by atoms with Crippen molar-refractivity contribution >= 4 is 22.3 Å². The molecular formula is C25H21F8N7O2. The van der Waals surface area contributed by atoms with E-state index < -0.39 is 80.6 Å². The molecule has 0 saturated carbocycles. The molecule has 0 unspecified atom stereocenters. The zero-order valence-corrected chi connectivity index (χ0v) is 21.5. The first-order chi connectivity index (χ1) is 19.6. The predicted octanol–water partition coefficient (Wildman–Crippen LogP) is 5.11. The highest BCUT2D eigenvalue weighted by molar-refractivity contribution is 5.87. The first-order valence-electron chi connectivity index (χ1n) is 12.3. The highest BCUT2D eigenvalue weighted by atomic mass is 19.4. The van der Waals surface area contributed by atoms with Gasteiger partial charge >= 0.3 is 12.4 Å². The molecule has 3 aromatic heterocycles. The van der Waals surface area contributed by atoms with E-state index in [4.69, 9.17) is 5.73 Å². The van der Waals surface area contributed by atoms with Crippen LogP contribution in [0, 0.1) is 11.6 Å². The van der Waals surface area contributed by atoms with Crippen molar-refractivity contribution in [2.45, 2.75) is 51.1 Å². The lowest BCUT2D eigenvalue weighted by atomic mass is 10.0. The van der Waals surface area contributed by atoms with Gasteiger partial charge in [-0.2, -0.15) is 31.4 Å². The number of hydrogen-bond acceptors (Lipinski definition) is 7. The van der Waals surface area contributed by atoms with Gasteiger partial charge in [-0.15, -0.1) is 0 Å². The molecule has 0 amide bonds. The minimum Gasteiger partial charge on any atom is -0.382 e. The Morgan fingerprint density at radius 3 is 2.40 bits per heavy atom. The summed E-state index contributed by atoms with van der Waals surface area (Å²) in [4.78, 5) is 31.3.